The highest BCUT2D eigenvalue weighted by Gasteiger charge is 2.20. The lowest BCUT2D eigenvalue weighted by Crippen LogP contribution is -2.30. The molecule has 1 atom stereocenters. The lowest BCUT2D eigenvalue weighted by atomic mass is 10.0. The topological polar surface area (TPSA) is 46.2 Å². The van der Waals surface area contributed by atoms with E-state index in [9.17, 15) is 12.8 Å². The van der Waals surface area contributed by atoms with Crippen LogP contribution in [0, 0.1) is 11.7 Å². The molecule has 0 amide bonds. The van der Waals surface area contributed by atoms with E-state index in [1.807, 2.05) is 0 Å². The lowest BCUT2D eigenvalue weighted by Gasteiger charge is -2.16. The number of halogens is 3. The summed E-state index contributed by atoms with van der Waals surface area (Å²) in [6.07, 6.45) is 2.82. The van der Waals surface area contributed by atoms with Crippen molar-refractivity contribution in [3.05, 3.63) is 28.5 Å². The van der Waals surface area contributed by atoms with Gasteiger partial charge in [-0.15, -0.1) is 0 Å². The van der Waals surface area contributed by atoms with Crippen molar-refractivity contribution in [1.82, 2.24) is 4.72 Å². The van der Waals surface area contributed by atoms with Crippen molar-refractivity contribution in [2.24, 2.45) is 5.92 Å². The van der Waals surface area contributed by atoms with Crippen LogP contribution in [0.3, 0.4) is 0 Å². The van der Waals surface area contributed by atoms with Crippen LogP contribution < -0.4 is 4.72 Å². The molecule has 0 fully saturated rings. The van der Waals surface area contributed by atoms with Crippen molar-refractivity contribution in [2.45, 2.75) is 31.1 Å². The van der Waals surface area contributed by atoms with Gasteiger partial charge in [0.15, 0.2) is 0 Å². The second-order valence-corrected chi connectivity index (χ2v) is 8.00. The molecule has 114 valence electrons. The minimum atomic E-state index is -3.80. The minimum Gasteiger partial charge on any atom is -0.211 e. The molecule has 7 heteroatoms. The van der Waals surface area contributed by atoms with Gasteiger partial charge in [0.2, 0.25) is 10.0 Å². The van der Waals surface area contributed by atoms with Crippen LogP contribution in [0.25, 0.3) is 0 Å². The van der Waals surface area contributed by atoms with E-state index in [1.165, 1.54) is 12.1 Å². The predicted molar refractivity (Wildman–Crippen MR) is 86.1 cm³/mol. The maximum absolute atomic E-state index is 13.7. The van der Waals surface area contributed by atoms with Crippen molar-refractivity contribution in [1.29, 1.82) is 0 Å². The van der Waals surface area contributed by atoms with Crippen LogP contribution in [0.5, 0.6) is 0 Å². The Labute approximate surface area is 136 Å². The zero-order chi connectivity index (χ0) is 15.2. The van der Waals surface area contributed by atoms with Crippen LogP contribution >= 0.6 is 31.9 Å². The fourth-order valence-corrected chi connectivity index (χ4v) is 4.06. The molecule has 1 N–H and O–H groups in total. The summed E-state index contributed by atoms with van der Waals surface area (Å²) in [5.41, 5.74) is 0. The van der Waals surface area contributed by atoms with E-state index in [2.05, 4.69) is 43.5 Å². The first kappa shape index (κ1) is 18.1. The SMILES string of the molecule is CCCC(CCBr)CNS(=O)(=O)c1ccc(Br)cc1F. The molecular formula is C13H18Br2FNO2S. The average Bonchev–Trinajstić information content (AvgIpc) is 2.36. The van der Waals surface area contributed by atoms with Gasteiger partial charge in [0.1, 0.15) is 10.7 Å². The van der Waals surface area contributed by atoms with Gasteiger partial charge in [-0.05, 0) is 37.0 Å². The molecule has 0 bridgehead atoms. The third-order valence-electron chi connectivity index (χ3n) is 2.96. The summed E-state index contributed by atoms with van der Waals surface area (Å²) in [4.78, 5) is -0.310. The standard InChI is InChI=1S/C13H18Br2FNO2S/c1-2-3-10(6-7-14)9-17-20(18,19)13-5-4-11(15)8-12(13)16/h4-5,8,10,17H,2-3,6-7,9H2,1H3. The van der Waals surface area contributed by atoms with Crippen molar-refractivity contribution in [3.8, 4) is 0 Å². The van der Waals surface area contributed by atoms with E-state index < -0.39 is 15.8 Å². The molecular weight excluding hydrogens is 413 g/mol. The Balaban J connectivity index is 2.78. The van der Waals surface area contributed by atoms with Gasteiger partial charge in [-0.1, -0.05) is 45.2 Å². The van der Waals surface area contributed by atoms with E-state index in [-0.39, 0.29) is 10.8 Å². The Morgan fingerprint density at radius 2 is 2.05 bits per heavy atom. The number of rotatable bonds is 8. The number of hydrogen-bond acceptors (Lipinski definition) is 2. The lowest BCUT2D eigenvalue weighted by molar-refractivity contribution is 0.457. The van der Waals surface area contributed by atoms with E-state index in [4.69, 9.17) is 0 Å². The van der Waals surface area contributed by atoms with Gasteiger partial charge in [-0.3, -0.25) is 0 Å². The summed E-state index contributed by atoms with van der Waals surface area (Å²) in [6.45, 7) is 2.39. The minimum absolute atomic E-state index is 0.257. The van der Waals surface area contributed by atoms with Gasteiger partial charge in [0.05, 0.1) is 0 Å². The quantitative estimate of drug-likeness (QED) is 0.632. The zero-order valence-corrected chi connectivity index (χ0v) is 15.2. The average molecular weight is 431 g/mol. The van der Waals surface area contributed by atoms with E-state index >= 15 is 0 Å². The number of alkyl halides is 1. The van der Waals surface area contributed by atoms with Crippen LogP contribution in [0.2, 0.25) is 0 Å². The maximum Gasteiger partial charge on any atom is 0.243 e. The summed E-state index contributed by atoms with van der Waals surface area (Å²) in [6, 6.07) is 3.93. The number of nitrogens with one attached hydrogen (secondary N) is 1. The second-order valence-electron chi connectivity index (χ2n) is 4.56. The van der Waals surface area contributed by atoms with Crippen molar-refractivity contribution in [2.75, 3.05) is 11.9 Å². The molecule has 1 aromatic carbocycles. The fraction of sp³-hybridized carbons (Fsp3) is 0.538. The monoisotopic (exact) mass is 429 g/mol. The Bertz CT molecular complexity index is 531. The molecule has 0 aliphatic carbocycles. The molecule has 3 nitrogen and oxygen atoms in total. The normalized spacial score (nSPS) is 13.4. The molecule has 0 saturated heterocycles. The molecule has 0 aliphatic heterocycles. The summed E-state index contributed by atoms with van der Waals surface area (Å²) in [7, 11) is -3.80. The molecule has 20 heavy (non-hydrogen) atoms. The van der Waals surface area contributed by atoms with Crippen molar-refractivity contribution in [3.63, 3.8) is 0 Å². The molecule has 1 unspecified atom stereocenters. The van der Waals surface area contributed by atoms with Crippen LogP contribution in [-0.4, -0.2) is 20.3 Å². The fourth-order valence-electron chi connectivity index (χ4n) is 1.91. The smallest absolute Gasteiger partial charge is 0.211 e. The van der Waals surface area contributed by atoms with Gasteiger partial charge < -0.3 is 0 Å². The maximum atomic E-state index is 13.7. The molecule has 0 saturated carbocycles. The number of hydrogen-bond donors (Lipinski definition) is 1. The van der Waals surface area contributed by atoms with Crippen LogP contribution in [0.15, 0.2) is 27.6 Å². The molecule has 0 radical (unpaired) electrons. The molecule has 0 heterocycles. The zero-order valence-electron chi connectivity index (χ0n) is 11.2. The van der Waals surface area contributed by atoms with Gasteiger partial charge in [-0.25, -0.2) is 17.5 Å². The van der Waals surface area contributed by atoms with Crippen LogP contribution in [0.4, 0.5) is 4.39 Å². The Morgan fingerprint density at radius 1 is 1.35 bits per heavy atom. The first-order chi connectivity index (χ1) is 9.40. The number of sulfonamides is 1. The van der Waals surface area contributed by atoms with Crippen molar-refractivity contribution < 1.29 is 12.8 Å². The van der Waals surface area contributed by atoms with E-state index in [0.717, 1.165) is 30.7 Å². The van der Waals surface area contributed by atoms with E-state index in [0.29, 0.717) is 11.0 Å². The van der Waals surface area contributed by atoms with Crippen LogP contribution in [0.1, 0.15) is 26.2 Å². The Kier molecular flexibility index (Phi) is 7.64. The molecule has 1 rings (SSSR count). The first-order valence-corrected chi connectivity index (χ1v) is 9.81. The van der Waals surface area contributed by atoms with Gasteiger partial charge in [0, 0.05) is 16.3 Å². The highest BCUT2D eigenvalue weighted by Crippen LogP contribution is 2.20. The summed E-state index contributed by atoms with van der Waals surface area (Å²) >= 11 is 6.47. The third kappa shape index (κ3) is 5.42. The van der Waals surface area contributed by atoms with Gasteiger partial charge in [-0.2, -0.15) is 0 Å². The largest absolute Gasteiger partial charge is 0.243 e. The molecule has 0 aromatic heterocycles. The first-order valence-electron chi connectivity index (χ1n) is 6.41. The highest BCUT2D eigenvalue weighted by molar-refractivity contribution is 9.10. The molecule has 1 aromatic rings. The van der Waals surface area contributed by atoms with E-state index in [1.54, 1.807) is 0 Å². The highest BCUT2D eigenvalue weighted by atomic mass is 79.9. The number of benzene rings is 1. The summed E-state index contributed by atoms with van der Waals surface area (Å²) in [5.74, 6) is -0.493. The van der Waals surface area contributed by atoms with Crippen LogP contribution in [-0.2, 0) is 10.0 Å². The van der Waals surface area contributed by atoms with Crippen molar-refractivity contribution >= 4 is 41.9 Å². The third-order valence-corrected chi connectivity index (χ3v) is 5.37. The Hall–Kier alpha value is 0.0200. The predicted octanol–water partition coefficient (Wildman–Crippen LogP) is 4.07. The molecule has 0 spiro atoms. The van der Waals surface area contributed by atoms with Gasteiger partial charge in [0.25, 0.3) is 0 Å². The van der Waals surface area contributed by atoms with Gasteiger partial charge >= 0.3 is 0 Å². The molecule has 0 aliphatic rings. The summed E-state index contributed by atoms with van der Waals surface area (Å²) < 4.78 is 40.9. The summed E-state index contributed by atoms with van der Waals surface area (Å²) in [5, 5.41) is 0.825. The Morgan fingerprint density at radius 3 is 2.60 bits per heavy atom. The second kappa shape index (κ2) is 8.46.